The molecule has 1 atom stereocenters. The minimum absolute atomic E-state index is 0.0203. The monoisotopic (exact) mass is 2170 g/mol. The fourth-order valence-electron chi connectivity index (χ4n) is 1.31. The summed E-state index contributed by atoms with van der Waals surface area (Å²) >= 11 is 39.6. The van der Waals surface area contributed by atoms with E-state index in [0.29, 0.717) is 5.86 Å². The van der Waals surface area contributed by atoms with Gasteiger partial charge in [0, 0.05) is 0 Å². The first-order chi connectivity index (χ1) is 11.6. The molecule has 0 aliphatic carbocycles. The Morgan fingerprint density at radius 3 is 1.26 bits per heavy atom. The first-order valence-electron chi connectivity index (χ1n) is 5.61. The predicted molar refractivity (Wildman–Crippen MR) is 254 cm³/mol. The minimum Gasteiger partial charge on any atom is -0.393 e. The van der Waals surface area contributed by atoms with Crippen LogP contribution in [-0.4, -0.2) is 20.4 Å². The average Bonchev–Trinajstić information content (AvgIpc) is 2.51. The maximum atomic E-state index is 12.6. The quantitative estimate of drug-likeness (QED) is 0.179. The van der Waals surface area contributed by atoms with Crippen LogP contribution in [0.1, 0.15) is 0 Å². The van der Waals surface area contributed by atoms with Gasteiger partial charge in [-0.2, -0.15) is 0 Å². The van der Waals surface area contributed by atoms with Gasteiger partial charge in [-0.25, -0.2) is 4.79 Å². The molecule has 0 N–H and O–H groups in total. The Balaban J connectivity index is 6.51. The number of hydrogen-bond donors (Lipinski definition) is 0. The molecule has 162 valence electrons. The molecule has 2 nitrogen and oxygen atoms in total. The van der Waals surface area contributed by atoms with Crippen molar-refractivity contribution in [3.8, 4) is 0 Å². The number of alkyl halides is 15. The van der Waals surface area contributed by atoms with E-state index in [1.54, 1.807) is 23.0 Å². The number of carbonyl (C=O) groups is 1. The molecule has 0 aliphatic rings. The van der Waals surface area contributed by atoms with Crippen molar-refractivity contribution in [1.29, 1.82) is 0 Å². The standard InChI is InChI=1S/C9H2I16O2/c10-1(2(11)12)4(13,14)6(17,18)8(21,22)9(23,24)7(19,20)5(15,16)3(26)27-25/h1-2H. The van der Waals surface area contributed by atoms with Crippen LogP contribution in [0.15, 0.2) is 0 Å². The average molecular weight is 2170 g/mol. The van der Waals surface area contributed by atoms with Crippen LogP contribution in [0.3, 0.4) is 0 Å². The minimum atomic E-state index is -0.726. The topological polar surface area (TPSA) is 26.3 Å². The summed E-state index contributed by atoms with van der Waals surface area (Å²) in [5, 5.41) is 0. The van der Waals surface area contributed by atoms with E-state index >= 15 is 0 Å². The first-order valence-corrected chi connectivity index (χ1v) is 23.2. The lowest BCUT2D eigenvalue weighted by Gasteiger charge is -2.55. The number of carbonyl (C=O) groups excluding carboxylic acids is 1. The highest BCUT2D eigenvalue weighted by molar-refractivity contribution is 14.2. The van der Waals surface area contributed by atoms with Gasteiger partial charge in [-0.3, -0.25) is 0 Å². The summed E-state index contributed by atoms with van der Waals surface area (Å²) < 4.78 is 4.28. The molecule has 1 unspecified atom stereocenters. The summed E-state index contributed by atoms with van der Waals surface area (Å²) in [6, 6.07) is 0. The van der Waals surface area contributed by atoms with Gasteiger partial charge in [-0.05, 0) is 0 Å². The van der Waals surface area contributed by atoms with Gasteiger partial charge < -0.3 is 3.07 Å². The highest BCUT2D eigenvalue weighted by Crippen LogP contribution is 2.76. The zero-order valence-corrected chi connectivity index (χ0v) is 46.0. The second kappa shape index (κ2) is 14.9. The molecule has 0 bridgehead atoms. The Bertz CT molecular complexity index is 554. The molecule has 0 spiro atoms. The third kappa shape index (κ3) is 8.35. The zero-order valence-electron chi connectivity index (χ0n) is 11.5. The van der Waals surface area contributed by atoms with E-state index in [4.69, 9.17) is 3.07 Å². The van der Waals surface area contributed by atoms with E-state index in [1.165, 1.54) is 0 Å². The SMILES string of the molecule is O=C(OI)C(I)(I)C(I)(I)C(I)(I)C(I)(I)C(I)(I)C(I)(I)C(I)C(I)I. The van der Waals surface area contributed by atoms with Crippen LogP contribution in [0.2, 0.25) is 0 Å². The van der Waals surface area contributed by atoms with E-state index in [1.807, 2.05) is 0 Å². The maximum absolute atomic E-state index is 12.6. The van der Waals surface area contributed by atoms with Crippen LogP contribution in [0.25, 0.3) is 0 Å². The summed E-state index contributed by atoms with van der Waals surface area (Å²) in [6.45, 7) is 0. The van der Waals surface area contributed by atoms with Crippen LogP contribution in [0.4, 0.5) is 0 Å². The molecule has 0 fully saturated rings. The lowest BCUT2D eigenvalue weighted by Crippen LogP contribution is -2.66. The molecule has 0 aliphatic heterocycles. The van der Waals surface area contributed by atoms with Crippen LogP contribution >= 0.6 is 362 Å². The van der Waals surface area contributed by atoms with Gasteiger partial charge >= 0.3 is 5.97 Å². The van der Waals surface area contributed by atoms with Crippen LogP contribution in [-0.2, 0) is 7.86 Å². The van der Waals surface area contributed by atoms with Crippen LogP contribution in [0, 0.1) is 0 Å². The Kier molecular flexibility index (Phi) is 21.0. The van der Waals surface area contributed by atoms with Crippen molar-refractivity contribution in [3.63, 3.8) is 0 Å². The number of halogens is 16. The fraction of sp³-hybridized carbons (Fsp3) is 0.889. The molecular weight excluding hydrogens is 2170 g/mol. The second-order valence-electron chi connectivity index (χ2n) is 4.60. The molecule has 0 aromatic rings. The summed E-state index contributed by atoms with van der Waals surface area (Å²) in [5.41, 5.74) is 0. The van der Waals surface area contributed by atoms with Crippen molar-refractivity contribution in [2.24, 2.45) is 0 Å². The molecule has 0 aromatic carbocycles. The molecule has 0 aromatic heterocycles. The van der Waals surface area contributed by atoms with Gasteiger partial charge in [0.25, 0.3) is 0 Å². The molecule has 0 amide bonds. The Morgan fingerprint density at radius 2 is 0.963 bits per heavy atom. The van der Waals surface area contributed by atoms with Gasteiger partial charge in [-0.1, -0.05) is 339 Å². The van der Waals surface area contributed by atoms with Crippen molar-refractivity contribution in [2.75, 3.05) is 0 Å². The largest absolute Gasteiger partial charge is 0.393 e. The van der Waals surface area contributed by atoms with E-state index in [0.717, 1.165) is 0 Å². The van der Waals surface area contributed by atoms with Crippen molar-refractivity contribution >= 4 is 368 Å². The molecule has 0 saturated carbocycles. The van der Waals surface area contributed by atoms with E-state index < -0.39 is 2.86 Å². The van der Waals surface area contributed by atoms with Crippen molar-refractivity contribution < 1.29 is 7.86 Å². The van der Waals surface area contributed by atoms with Gasteiger partial charge in [0.05, 0.1) is 5.86 Å². The van der Waals surface area contributed by atoms with Crippen LogP contribution < -0.4 is 0 Å². The smallest absolute Gasteiger partial charge is 0.343 e. The third-order valence-corrected chi connectivity index (χ3v) is 50.6. The van der Waals surface area contributed by atoms with E-state index in [2.05, 4.69) is 339 Å². The van der Waals surface area contributed by atoms with E-state index in [-0.39, 0.29) is 11.7 Å². The molecule has 0 heterocycles. The first kappa shape index (κ1) is 38.2. The highest BCUT2D eigenvalue weighted by atomic mass is 127. The van der Waals surface area contributed by atoms with Gasteiger partial charge in [0.1, 0.15) is 7.14 Å². The lowest BCUT2D eigenvalue weighted by molar-refractivity contribution is -0.130. The molecule has 0 radical (unpaired) electrons. The fourth-order valence-corrected chi connectivity index (χ4v) is 24.8. The van der Waals surface area contributed by atoms with Gasteiger partial charge in [0.2, 0.25) is 0 Å². The Morgan fingerprint density at radius 1 is 0.630 bits per heavy atom. The lowest BCUT2D eigenvalue weighted by atomic mass is 10.1. The van der Waals surface area contributed by atoms with Gasteiger partial charge in [-0.15, -0.1) is 0 Å². The van der Waals surface area contributed by atoms with Crippen LogP contribution in [0.5, 0.6) is 0 Å². The van der Waals surface area contributed by atoms with Crippen molar-refractivity contribution in [1.82, 2.24) is 0 Å². The molecule has 18 heteroatoms. The molecule has 0 saturated heterocycles. The highest BCUT2D eigenvalue weighted by Gasteiger charge is 2.75. The van der Waals surface area contributed by atoms with Crippen molar-refractivity contribution in [2.45, 2.75) is 14.4 Å². The zero-order chi connectivity index (χ0) is 22.4. The number of rotatable bonds is 8. The maximum Gasteiger partial charge on any atom is 0.343 e. The van der Waals surface area contributed by atoms with E-state index in [9.17, 15) is 4.79 Å². The van der Waals surface area contributed by atoms with Crippen molar-refractivity contribution in [3.05, 3.63) is 0 Å². The predicted octanol–water partition coefficient (Wildman–Crippen LogP) is 12.3. The Labute approximate surface area is 378 Å². The number of hydrogen-bond acceptors (Lipinski definition) is 2. The normalized spacial score (nSPS) is 16.5. The summed E-state index contributed by atoms with van der Waals surface area (Å²) in [4.78, 5) is 12.6. The molecular formula is C9H2I16O2. The van der Waals surface area contributed by atoms with Gasteiger partial charge in [0.15, 0.2) is 24.4 Å². The summed E-state index contributed by atoms with van der Waals surface area (Å²) in [7, 11) is 0. The molecule has 27 heavy (non-hydrogen) atoms. The Hall–Kier alpha value is 11.2. The second-order valence-corrected chi connectivity index (χ2v) is 43.4. The summed E-state index contributed by atoms with van der Waals surface area (Å²) in [5.74, 6) is -0.219. The summed E-state index contributed by atoms with van der Waals surface area (Å²) in [6.07, 6.45) is 0. The third-order valence-electron chi connectivity index (χ3n) is 2.89. The molecule has 0 rings (SSSR count).